The van der Waals surface area contributed by atoms with E-state index in [0.29, 0.717) is 10.8 Å². The van der Waals surface area contributed by atoms with Crippen LogP contribution in [0.3, 0.4) is 0 Å². The van der Waals surface area contributed by atoms with Crippen LogP contribution in [0.1, 0.15) is 12.5 Å². The minimum absolute atomic E-state index is 0.189. The monoisotopic (exact) mass is 341 g/mol. The molecule has 0 bridgehead atoms. The fourth-order valence-electron chi connectivity index (χ4n) is 2.42. The third-order valence-corrected chi connectivity index (χ3v) is 4.84. The maximum Gasteiger partial charge on any atom is 0.213 e. The van der Waals surface area contributed by atoms with Gasteiger partial charge in [0.1, 0.15) is 0 Å². The first-order valence-corrected chi connectivity index (χ1v) is 8.35. The SMILES string of the molecule is C[C@H]1Sc2nnc(-c3cccnc3)n2N=C1c1ccc(Cl)cc1. The van der Waals surface area contributed by atoms with E-state index in [0.717, 1.165) is 22.0 Å². The Hall–Kier alpha value is -2.18. The summed E-state index contributed by atoms with van der Waals surface area (Å²) in [6, 6.07) is 11.5. The molecule has 23 heavy (non-hydrogen) atoms. The Morgan fingerprint density at radius 2 is 1.91 bits per heavy atom. The van der Waals surface area contributed by atoms with Crippen LogP contribution in [0.4, 0.5) is 0 Å². The van der Waals surface area contributed by atoms with Crippen molar-refractivity contribution in [2.75, 3.05) is 0 Å². The summed E-state index contributed by atoms with van der Waals surface area (Å²) in [7, 11) is 0. The van der Waals surface area contributed by atoms with Gasteiger partial charge in [0.2, 0.25) is 5.16 Å². The number of nitrogens with zero attached hydrogens (tertiary/aromatic N) is 5. The summed E-state index contributed by atoms with van der Waals surface area (Å²) in [5.74, 6) is 0.693. The van der Waals surface area contributed by atoms with Gasteiger partial charge in [-0.05, 0) is 36.8 Å². The van der Waals surface area contributed by atoms with E-state index >= 15 is 0 Å². The highest BCUT2D eigenvalue weighted by molar-refractivity contribution is 8.00. The van der Waals surface area contributed by atoms with Gasteiger partial charge < -0.3 is 0 Å². The molecule has 7 heteroatoms. The van der Waals surface area contributed by atoms with Crippen molar-refractivity contribution in [1.82, 2.24) is 19.9 Å². The van der Waals surface area contributed by atoms with E-state index < -0.39 is 0 Å². The van der Waals surface area contributed by atoms with Gasteiger partial charge in [0.25, 0.3) is 0 Å². The highest BCUT2D eigenvalue weighted by Crippen LogP contribution is 2.32. The lowest BCUT2D eigenvalue weighted by molar-refractivity contribution is 0.754. The van der Waals surface area contributed by atoms with E-state index in [4.69, 9.17) is 16.7 Å². The summed E-state index contributed by atoms with van der Waals surface area (Å²) < 4.78 is 1.78. The van der Waals surface area contributed by atoms with Crippen molar-refractivity contribution in [2.45, 2.75) is 17.3 Å². The van der Waals surface area contributed by atoms with E-state index in [-0.39, 0.29) is 5.25 Å². The second-order valence-electron chi connectivity index (χ2n) is 5.11. The molecule has 114 valence electrons. The van der Waals surface area contributed by atoms with Crippen molar-refractivity contribution in [3.8, 4) is 11.4 Å². The molecule has 0 unspecified atom stereocenters. The molecule has 0 spiro atoms. The van der Waals surface area contributed by atoms with Crippen LogP contribution in [0.15, 0.2) is 59.0 Å². The number of rotatable bonds is 2. The van der Waals surface area contributed by atoms with Crippen molar-refractivity contribution in [3.63, 3.8) is 0 Å². The van der Waals surface area contributed by atoms with Crippen LogP contribution in [0, 0.1) is 0 Å². The number of halogens is 1. The predicted octanol–water partition coefficient (Wildman–Crippen LogP) is 3.74. The van der Waals surface area contributed by atoms with Crippen LogP contribution < -0.4 is 0 Å². The first-order valence-electron chi connectivity index (χ1n) is 7.09. The second kappa shape index (κ2) is 5.79. The Kier molecular flexibility index (Phi) is 3.63. The first-order chi connectivity index (χ1) is 11.2. The fraction of sp³-hybridized carbons (Fsp3) is 0.125. The van der Waals surface area contributed by atoms with Gasteiger partial charge in [-0.3, -0.25) is 4.98 Å². The summed E-state index contributed by atoms with van der Waals surface area (Å²) in [5, 5.41) is 15.0. The Labute approximate surface area is 142 Å². The maximum absolute atomic E-state index is 5.98. The minimum atomic E-state index is 0.189. The normalized spacial score (nSPS) is 16.8. The number of fused-ring (bicyclic) bond motifs is 1. The third kappa shape index (κ3) is 2.64. The quantitative estimate of drug-likeness (QED) is 0.712. The molecule has 0 aliphatic carbocycles. The zero-order valence-electron chi connectivity index (χ0n) is 12.2. The molecule has 0 fully saturated rings. The average Bonchev–Trinajstić information content (AvgIpc) is 2.98. The van der Waals surface area contributed by atoms with Crippen molar-refractivity contribution < 1.29 is 0 Å². The molecule has 1 aliphatic rings. The number of hydrogen-bond donors (Lipinski definition) is 0. The predicted molar refractivity (Wildman–Crippen MR) is 92.0 cm³/mol. The molecular formula is C16H12ClN5S. The van der Waals surface area contributed by atoms with E-state index in [1.807, 2.05) is 36.4 Å². The molecule has 0 N–H and O–H groups in total. The van der Waals surface area contributed by atoms with E-state index in [9.17, 15) is 0 Å². The molecule has 1 aliphatic heterocycles. The number of aromatic nitrogens is 4. The van der Waals surface area contributed by atoms with Crippen molar-refractivity contribution >= 4 is 29.1 Å². The van der Waals surface area contributed by atoms with Gasteiger partial charge in [0, 0.05) is 23.0 Å². The van der Waals surface area contributed by atoms with Gasteiger partial charge >= 0.3 is 0 Å². The molecule has 2 aromatic heterocycles. The van der Waals surface area contributed by atoms with Crippen LogP contribution in [-0.2, 0) is 0 Å². The van der Waals surface area contributed by atoms with Gasteiger partial charge in [-0.15, -0.1) is 10.2 Å². The third-order valence-electron chi connectivity index (χ3n) is 3.55. The molecule has 0 amide bonds. The van der Waals surface area contributed by atoms with E-state index in [2.05, 4.69) is 22.1 Å². The summed E-state index contributed by atoms with van der Waals surface area (Å²) in [6.07, 6.45) is 3.49. The summed E-state index contributed by atoms with van der Waals surface area (Å²) in [4.78, 5) is 4.14. The smallest absolute Gasteiger partial charge is 0.213 e. The maximum atomic E-state index is 5.98. The summed E-state index contributed by atoms with van der Waals surface area (Å²) >= 11 is 7.62. The number of pyridine rings is 1. The second-order valence-corrected chi connectivity index (χ2v) is 6.86. The lowest BCUT2D eigenvalue weighted by Gasteiger charge is -2.19. The largest absolute Gasteiger partial charge is 0.264 e. The van der Waals surface area contributed by atoms with Crippen molar-refractivity contribution in [3.05, 3.63) is 59.4 Å². The average molecular weight is 342 g/mol. The Morgan fingerprint density at radius 3 is 2.65 bits per heavy atom. The summed E-state index contributed by atoms with van der Waals surface area (Å²) in [5.41, 5.74) is 2.91. The van der Waals surface area contributed by atoms with Crippen LogP contribution in [0.25, 0.3) is 11.4 Å². The molecule has 0 saturated heterocycles. The fourth-order valence-corrected chi connectivity index (χ4v) is 3.47. The zero-order chi connectivity index (χ0) is 15.8. The van der Waals surface area contributed by atoms with Crippen LogP contribution in [-0.4, -0.2) is 30.8 Å². The topological polar surface area (TPSA) is 56.0 Å². The van der Waals surface area contributed by atoms with Gasteiger partial charge in [0.15, 0.2) is 5.82 Å². The highest BCUT2D eigenvalue weighted by atomic mass is 35.5. The van der Waals surface area contributed by atoms with Gasteiger partial charge in [-0.2, -0.15) is 9.78 Å². The molecule has 1 atom stereocenters. The lowest BCUT2D eigenvalue weighted by Crippen LogP contribution is -2.21. The zero-order valence-corrected chi connectivity index (χ0v) is 13.8. The molecule has 3 aromatic rings. The molecule has 4 rings (SSSR count). The van der Waals surface area contributed by atoms with Gasteiger partial charge in [-0.25, -0.2) is 0 Å². The van der Waals surface area contributed by atoms with Crippen molar-refractivity contribution in [1.29, 1.82) is 0 Å². The molecule has 0 radical (unpaired) electrons. The number of hydrogen-bond acceptors (Lipinski definition) is 5. The van der Waals surface area contributed by atoms with Crippen LogP contribution in [0.5, 0.6) is 0 Å². The lowest BCUT2D eigenvalue weighted by atomic mass is 10.1. The Balaban J connectivity index is 1.83. The molecule has 3 heterocycles. The van der Waals surface area contributed by atoms with Crippen LogP contribution >= 0.6 is 23.4 Å². The Morgan fingerprint density at radius 1 is 1.09 bits per heavy atom. The first kappa shape index (κ1) is 14.4. The molecule has 0 saturated carbocycles. The minimum Gasteiger partial charge on any atom is -0.264 e. The molecular weight excluding hydrogens is 330 g/mol. The number of benzene rings is 1. The van der Waals surface area contributed by atoms with Gasteiger partial charge in [-0.1, -0.05) is 35.5 Å². The Bertz CT molecular complexity index is 873. The van der Waals surface area contributed by atoms with E-state index in [1.54, 1.807) is 28.8 Å². The molecule has 1 aromatic carbocycles. The van der Waals surface area contributed by atoms with E-state index in [1.165, 1.54) is 0 Å². The van der Waals surface area contributed by atoms with Crippen molar-refractivity contribution in [2.24, 2.45) is 5.10 Å². The summed E-state index contributed by atoms with van der Waals surface area (Å²) in [6.45, 7) is 2.11. The molecule has 5 nitrogen and oxygen atoms in total. The number of thioether (sulfide) groups is 1. The highest BCUT2D eigenvalue weighted by Gasteiger charge is 2.26. The van der Waals surface area contributed by atoms with Gasteiger partial charge in [0.05, 0.1) is 11.0 Å². The van der Waals surface area contributed by atoms with Crippen LogP contribution in [0.2, 0.25) is 5.02 Å². The standard InChI is InChI=1S/C16H12ClN5S/c1-10-14(11-4-6-13(17)7-5-11)21-22-15(19-20-16(22)23-10)12-3-2-8-18-9-12/h2-10H,1H3/t10-/m1/s1.